The summed E-state index contributed by atoms with van der Waals surface area (Å²) in [5.74, 6) is 0.987. The molecule has 0 atom stereocenters. The van der Waals surface area contributed by atoms with E-state index in [9.17, 15) is 8.78 Å². The highest BCUT2D eigenvalue weighted by atomic mass is 35.5. The summed E-state index contributed by atoms with van der Waals surface area (Å²) in [6.45, 7) is -2.92. The number of aliphatic imine (C=N–C) groups is 1. The first-order valence-corrected chi connectivity index (χ1v) is 7.83. The number of rotatable bonds is 7. The average Bonchev–Trinajstić information content (AvgIpc) is 2.60. The molecule has 0 saturated carbocycles. The predicted molar refractivity (Wildman–Crippen MR) is 96.6 cm³/mol. The minimum Gasteiger partial charge on any atom is -0.497 e. The zero-order chi connectivity index (χ0) is 19.1. The van der Waals surface area contributed by atoms with Crippen molar-refractivity contribution in [2.24, 2.45) is 10.7 Å². The number of nitrogens with one attached hydrogen (secondary N) is 1. The lowest BCUT2D eigenvalue weighted by atomic mass is 10.2. The van der Waals surface area contributed by atoms with Gasteiger partial charge >= 0.3 is 6.61 Å². The van der Waals surface area contributed by atoms with Crippen LogP contribution in [-0.2, 0) is 6.54 Å². The van der Waals surface area contributed by atoms with E-state index in [0.29, 0.717) is 27.8 Å². The molecule has 0 heterocycles. The molecule has 0 unspecified atom stereocenters. The second kappa shape index (κ2) is 9.10. The van der Waals surface area contributed by atoms with E-state index in [1.54, 1.807) is 30.3 Å². The van der Waals surface area contributed by atoms with Crippen LogP contribution in [0.15, 0.2) is 41.4 Å². The number of ether oxygens (including phenoxy) is 3. The smallest absolute Gasteiger partial charge is 0.387 e. The molecule has 6 nitrogen and oxygen atoms in total. The van der Waals surface area contributed by atoms with Crippen molar-refractivity contribution in [2.75, 3.05) is 19.5 Å². The summed E-state index contributed by atoms with van der Waals surface area (Å²) in [5, 5.41) is 3.27. The lowest BCUT2D eigenvalue weighted by Crippen LogP contribution is -2.22. The fourth-order valence-corrected chi connectivity index (χ4v) is 2.36. The van der Waals surface area contributed by atoms with Gasteiger partial charge in [-0.1, -0.05) is 11.6 Å². The molecule has 0 radical (unpaired) electrons. The maximum atomic E-state index is 12.6. The Labute approximate surface area is 154 Å². The van der Waals surface area contributed by atoms with Crippen LogP contribution in [0.5, 0.6) is 17.2 Å². The van der Waals surface area contributed by atoms with E-state index in [4.69, 9.17) is 26.8 Å². The van der Waals surface area contributed by atoms with Gasteiger partial charge in [0, 0.05) is 17.3 Å². The molecule has 140 valence electrons. The quantitative estimate of drug-likeness (QED) is 0.558. The first-order chi connectivity index (χ1) is 12.4. The number of hydrogen-bond donors (Lipinski definition) is 2. The van der Waals surface area contributed by atoms with Gasteiger partial charge in [0.2, 0.25) is 0 Å². The second-order valence-electron chi connectivity index (χ2n) is 5.03. The third-order valence-electron chi connectivity index (χ3n) is 3.33. The molecule has 0 saturated heterocycles. The van der Waals surface area contributed by atoms with Crippen LogP contribution >= 0.6 is 11.6 Å². The molecule has 2 aromatic rings. The predicted octanol–water partition coefficient (Wildman–Crippen LogP) is 3.89. The molecule has 0 amide bonds. The Kier molecular flexibility index (Phi) is 6.85. The van der Waals surface area contributed by atoms with Crippen LogP contribution < -0.4 is 25.3 Å². The maximum Gasteiger partial charge on any atom is 0.387 e. The fraction of sp³-hybridized carbons (Fsp3) is 0.235. The van der Waals surface area contributed by atoms with Crippen LogP contribution in [0.4, 0.5) is 14.5 Å². The standard InChI is InChI=1S/C17H18ClF2N3O3/c1-24-12-5-3-10(15(8-12)26-16(19)20)9-22-17(21)23-11-4-6-14(25-2)13(18)7-11/h3-8,16H,9H2,1-2H3,(H3,21,22,23). The van der Waals surface area contributed by atoms with Gasteiger partial charge in [-0.05, 0) is 30.3 Å². The topological polar surface area (TPSA) is 78.1 Å². The van der Waals surface area contributed by atoms with E-state index in [-0.39, 0.29) is 18.3 Å². The van der Waals surface area contributed by atoms with Gasteiger partial charge < -0.3 is 25.3 Å². The van der Waals surface area contributed by atoms with E-state index in [1.165, 1.54) is 20.3 Å². The Hall–Kier alpha value is -2.74. The molecule has 0 aromatic heterocycles. The second-order valence-corrected chi connectivity index (χ2v) is 5.44. The number of hydrogen-bond acceptors (Lipinski definition) is 4. The van der Waals surface area contributed by atoms with Crippen molar-refractivity contribution in [3.05, 3.63) is 47.0 Å². The first-order valence-electron chi connectivity index (χ1n) is 7.45. The average molecular weight is 386 g/mol. The van der Waals surface area contributed by atoms with E-state index < -0.39 is 6.61 Å². The summed E-state index contributed by atoms with van der Waals surface area (Å²) in [7, 11) is 2.94. The number of guanidine groups is 1. The summed E-state index contributed by atoms with van der Waals surface area (Å²) < 4.78 is 39.7. The van der Waals surface area contributed by atoms with Gasteiger partial charge in [-0.25, -0.2) is 4.99 Å². The van der Waals surface area contributed by atoms with Crippen molar-refractivity contribution >= 4 is 23.2 Å². The van der Waals surface area contributed by atoms with Crippen LogP contribution in [-0.4, -0.2) is 26.8 Å². The van der Waals surface area contributed by atoms with Crippen LogP contribution in [0.1, 0.15) is 5.56 Å². The molecular weight excluding hydrogens is 368 g/mol. The fourth-order valence-electron chi connectivity index (χ4n) is 2.10. The van der Waals surface area contributed by atoms with E-state index in [1.807, 2.05) is 0 Å². The number of methoxy groups -OCH3 is 2. The summed E-state index contributed by atoms with van der Waals surface area (Å²) in [5.41, 5.74) is 6.87. The number of alkyl halides is 2. The van der Waals surface area contributed by atoms with Gasteiger partial charge in [-0.15, -0.1) is 0 Å². The Balaban J connectivity index is 2.11. The third kappa shape index (κ3) is 5.38. The van der Waals surface area contributed by atoms with Gasteiger partial charge in [-0.3, -0.25) is 0 Å². The van der Waals surface area contributed by atoms with Crippen LogP contribution in [0.2, 0.25) is 5.02 Å². The minimum absolute atomic E-state index is 0.0246. The lowest BCUT2D eigenvalue weighted by molar-refractivity contribution is -0.0505. The summed E-state index contributed by atoms with van der Waals surface area (Å²) in [6.07, 6.45) is 0. The highest BCUT2D eigenvalue weighted by molar-refractivity contribution is 6.32. The highest BCUT2D eigenvalue weighted by Gasteiger charge is 2.11. The molecule has 0 fully saturated rings. The SMILES string of the molecule is COc1ccc(CN=C(N)Nc2ccc(OC)c(Cl)c2)c(OC(F)F)c1. The molecule has 0 bridgehead atoms. The van der Waals surface area contributed by atoms with Crippen LogP contribution in [0, 0.1) is 0 Å². The summed E-state index contributed by atoms with van der Waals surface area (Å²) in [4.78, 5) is 4.13. The summed E-state index contributed by atoms with van der Waals surface area (Å²) in [6, 6.07) is 9.58. The highest BCUT2D eigenvalue weighted by Crippen LogP contribution is 2.28. The van der Waals surface area contributed by atoms with E-state index in [0.717, 1.165) is 0 Å². The largest absolute Gasteiger partial charge is 0.497 e. The van der Waals surface area contributed by atoms with Crippen LogP contribution in [0.25, 0.3) is 0 Å². The first kappa shape index (κ1) is 19.6. The monoisotopic (exact) mass is 385 g/mol. The Bertz CT molecular complexity index is 788. The van der Waals surface area contributed by atoms with Crippen molar-refractivity contribution in [1.82, 2.24) is 0 Å². The number of nitrogens with zero attached hydrogens (tertiary/aromatic N) is 1. The number of anilines is 1. The molecule has 9 heteroatoms. The zero-order valence-electron chi connectivity index (χ0n) is 14.1. The van der Waals surface area contributed by atoms with Crippen molar-refractivity contribution in [3.63, 3.8) is 0 Å². The molecule has 2 rings (SSSR count). The van der Waals surface area contributed by atoms with Crippen LogP contribution in [0.3, 0.4) is 0 Å². The number of halogens is 3. The number of nitrogens with two attached hydrogens (primary N) is 1. The van der Waals surface area contributed by atoms with Gasteiger partial charge in [0.15, 0.2) is 5.96 Å². The molecule has 0 spiro atoms. The van der Waals surface area contributed by atoms with Crippen molar-refractivity contribution < 1.29 is 23.0 Å². The van der Waals surface area contributed by atoms with E-state index >= 15 is 0 Å². The molecule has 0 aliphatic heterocycles. The van der Waals surface area contributed by atoms with Gasteiger partial charge in [0.05, 0.1) is 25.8 Å². The van der Waals surface area contributed by atoms with Crippen molar-refractivity contribution in [3.8, 4) is 17.2 Å². The molecule has 0 aliphatic carbocycles. The third-order valence-corrected chi connectivity index (χ3v) is 3.63. The van der Waals surface area contributed by atoms with Gasteiger partial charge in [0.25, 0.3) is 0 Å². The van der Waals surface area contributed by atoms with E-state index in [2.05, 4.69) is 15.0 Å². The molecule has 2 aromatic carbocycles. The van der Waals surface area contributed by atoms with Crippen molar-refractivity contribution in [1.29, 1.82) is 0 Å². The van der Waals surface area contributed by atoms with Crippen molar-refractivity contribution in [2.45, 2.75) is 13.2 Å². The lowest BCUT2D eigenvalue weighted by Gasteiger charge is -2.12. The summed E-state index contributed by atoms with van der Waals surface area (Å²) >= 11 is 6.04. The molecule has 3 N–H and O–H groups in total. The zero-order valence-corrected chi connectivity index (χ0v) is 14.9. The van der Waals surface area contributed by atoms with Gasteiger partial charge in [0.1, 0.15) is 17.2 Å². The minimum atomic E-state index is -2.96. The Morgan fingerprint density at radius 2 is 1.92 bits per heavy atom. The Morgan fingerprint density at radius 3 is 2.54 bits per heavy atom. The molecular formula is C17H18ClF2N3O3. The molecule has 26 heavy (non-hydrogen) atoms. The maximum absolute atomic E-state index is 12.6. The normalized spacial score (nSPS) is 11.4. The molecule has 0 aliphatic rings. The van der Waals surface area contributed by atoms with Gasteiger partial charge in [-0.2, -0.15) is 8.78 Å². The number of benzene rings is 2. The Morgan fingerprint density at radius 1 is 1.15 bits per heavy atom.